The van der Waals surface area contributed by atoms with Crippen molar-refractivity contribution in [2.45, 2.75) is 38.8 Å². The van der Waals surface area contributed by atoms with Crippen molar-refractivity contribution in [3.8, 4) is 11.4 Å². The number of fused-ring (bicyclic) bond motifs is 2. The number of aryl methyl sites for hydroxylation is 2. The first-order valence-electron chi connectivity index (χ1n) is 10.2. The van der Waals surface area contributed by atoms with Gasteiger partial charge in [-0.05, 0) is 50.8 Å². The van der Waals surface area contributed by atoms with E-state index < -0.39 is 11.7 Å². The smallest absolute Gasteiger partial charge is 0.340 e. The number of aromatic nitrogens is 4. The van der Waals surface area contributed by atoms with E-state index >= 15 is 0 Å². The van der Waals surface area contributed by atoms with Gasteiger partial charge in [-0.2, -0.15) is 22.7 Å². The van der Waals surface area contributed by atoms with Gasteiger partial charge in [0.15, 0.2) is 5.82 Å². The predicted molar refractivity (Wildman–Crippen MR) is 112 cm³/mol. The minimum atomic E-state index is -4.41. The third kappa shape index (κ3) is 3.73. The lowest BCUT2D eigenvalue weighted by Crippen LogP contribution is -2.14. The van der Waals surface area contributed by atoms with Crippen LogP contribution in [0.3, 0.4) is 0 Å². The molecule has 2 aromatic heterocycles. The summed E-state index contributed by atoms with van der Waals surface area (Å²) in [7, 11) is 0. The Bertz CT molecular complexity index is 1260. The molecule has 0 amide bonds. The fourth-order valence-electron chi connectivity index (χ4n) is 3.91. The topological polar surface area (TPSA) is 55.1 Å². The zero-order valence-electron chi connectivity index (χ0n) is 16.9. The first kappa shape index (κ1) is 19.5. The molecule has 1 aliphatic rings. The van der Waals surface area contributed by atoms with E-state index in [4.69, 9.17) is 4.98 Å². The number of nitrogens with zero attached hydrogens (tertiary/aromatic N) is 4. The van der Waals surface area contributed by atoms with Crippen LogP contribution in [-0.2, 0) is 19.0 Å². The fraction of sp³-hybridized carbons (Fsp3) is 0.261. The van der Waals surface area contributed by atoms with Crippen LogP contribution in [0.25, 0.3) is 17.2 Å². The first-order valence-corrected chi connectivity index (χ1v) is 10.2. The average molecular weight is 423 g/mol. The fourth-order valence-corrected chi connectivity index (χ4v) is 3.91. The Balaban J connectivity index is 1.64. The molecule has 4 aromatic rings. The highest BCUT2D eigenvalue weighted by atomic mass is 19.4. The van der Waals surface area contributed by atoms with E-state index in [1.54, 1.807) is 10.6 Å². The summed E-state index contributed by atoms with van der Waals surface area (Å²) in [6.45, 7) is 2.01. The predicted octanol–water partition coefficient (Wildman–Crippen LogP) is 5.74. The first-order chi connectivity index (χ1) is 14.9. The third-order valence-corrected chi connectivity index (χ3v) is 5.52. The molecule has 5 rings (SSSR count). The van der Waals surface area contributed by atoms with Gasteiger partial charge in [0, 0.05) is 16.8 Å². The summed E-state index contributed by atoms with van der Waals surface area (Å²) in [6, 6.07) is 13.1. The number of hydrogen-bond acceptors (Lipinski definition) is 4. The van der Waals surface area contributed by atoms with Crippen molar-refractivity contribution in [2.24, 2.45) is 0 Å². The molecule has 0 spiro atoms. The van der Waals surface area contributed by atoms with E-state index in [0.29, 0.717) is 23.1 Å². The maximum absolute atomic E-state index is 13.2. The molecular weight excluding hydrogens is 403 g/mol. The molecule has 5 nitrogen and oxygen atoms in total. The molecule has 0 fully saturated rings. The van der Waals surface area contributed by atoms with Gasteiger partial charge in [-0.3, -0.25) is 0 Å². The monoisotopic (exact) mass is 423 g/mol. The molecule has 0 saturated carbocycles. The Morgan fingerprint density at radius 3 is 2.52 bits per heavy atom. The van der Waals surface area contributed by atoms with Gasteiger partial charge in [-0.1, -0.05) is 35.9 Å². The Kier molecular flexibility index (Phi) is 4.64. The Labute approximate surface area is 177 Å². The van der Waals surface area contributed by atoms with Gasteiger partial charge in [0.1, 0.15) is 5.82 Å². The second-order valence-electron chi connectivity index (χ2n) is 7.81. The molecule has 8 heteroatoms. The van der Waals surface area contributed by atoms with Gasteiger partial charge < -0.3 is 5.32 Å². The van der Waals surface area contributed by atoms with Crippen LogP contribution in [0.15, 0.2) is 48.5 Å². The number of halogens is 3. The summed E-state index contributed by atoms with van der Waals surface area (Å²) in [4.78, 5) is 9.31. The van der Waals surface area contributed by atoms with Crippen LogP contribution in [0.1, 0.15) is 35.2 Å². The molecule has 0 bridgehead atoms. The van der Waals surface area contributed by atoms with E-state index in [9.17, 15) is 13.2 Å². The minimum Gasteiger partial charge on any atom is -0.340 e. The van der Waals surface area contributed by atoms with Crippen molar-refractivity contribution < 1.29 is 13.2 Å². The van der Waals surface area contributed by atoms with Crippen molar-refractivity contribution in [3.63, 3.8) is 0 Å². The van der Waals surface area contributed by atoms with Crippen LogP contribution < -0.4 is 5.32 Å². The lowest BCUT2D eigenvalue weighted by atomic mass is 9.96. The van der Waals surface area contributed by atoms with Gasteiger partial charge >= 0.3 is 6.18 Å². The number of hydrogen-bond donors (Lipinski definition) is 1. The zero-order chi connectivity index (χ0) is 21.6. The SMILES string of the molecule is Cc1ccc(-c2nc3nc4c(c(Nc5cccc(C(F)(F)F)c5)n3n2)CCCC4)cc1. The second-order valence-corrected chi connectivity index (χ2v) is 7.81. The van der Waals surface area contributed by atoms with Gasteiger partial charge in [0.05, 0.1) is 11.3 Å². The van der Waals surface area contributed by atoms with Crippen molar-refractivity contribution in [1.82, 2.24) is 19.6 Å². The van der Waals surface area contributed by atoms with Crippen molar-refractivity contribution >= 4 is 17.3 Å². The molecule has 1 aliphatic carbocycles. The third-order valence-electron chi connectivity index (χ3n) is 5.52. The average Bonchev–Trinajstić information content (AvgIpc) is 3.17. The number of anilines is 2. The number of nitrogens with one attached hydrogen (secondary N) is 1. The molecule has 0 atom stereocenters. The van der Waals surface area contributed by atoms with Crippen LogP contribution in [-0.4, -0.2) is 19.6 Å². The highest BCUT2D eigenvalue weighted by Crippen LogP contribution is 2.34. The molecule has 1 N–H and O–H groups in total. The highest BCUT2D eigenvalue weighted by molar-refractivity contribution is 5.66. The summed E-state index contributed by atoms with van der Waals surface area (Å²) < 4.78 is 41.2. The van der Waals surface area contributed by atoms with Crippen LogP contribution in [0.4, 0.5) is 24.7 Å². The van der Waals surface area contributed by atoms with Crippen molar-refractivity contribution in [1.29, 1.82) is 0 Å². The normalized spacial score (nSPS) is 13.9. The van der Waals surface area contributed by atoms with E-state index in [-0.39, 0.29) is 0 Å². The molecule has 0 aliphatic heterocycles. The summed E-state index contributed by atoms with van der Waals surface area (Å²) in [5.41, 5.74) is 3.55. The van der Waals surface area contributed by atoms with Gasteiger partial charge in [-0.15, -0.1) is 5.10 Å². The standard InChI is InChI=1S/C23H20F3N5/c1-14-9-11-15(12-10-14)20-29-22-28-19-8-3-2-7-18(19)21(31(22)30-20)27-17-6-4-5-16(13-17)23(24,25)26/h4-6,9-13,27H,2-3,7-8H2,1H3. The lowest BCUT2D eigenvalue weighted by Gasteiger charge is -2.20. The molecule has 0 saturated heterocycles. The van der Waals surface area contributed by atoms with E-state index in [1.807, 2.05) is 31.2 Å². The molecule has 158 valence electrons. The van der Waals surface area contributed by atoms with Crippen molar-refractivity contribution in [2.75, 3.05) is 5.32 Å². The quantitative estimate of drug-likeness (QED) is 0.457. The van der Waals surface area contributed by atoms with E-state index in [0.717, 1.165) is 60.2 Å². The summed E-state index contributed by atoms with van der Waals surface area (Å²) in [6.07, 6.45) is -0.777. The number of alkyl halides is 3. The summed E-state index contributed by atoms with van der Waals surface area (Å²) in [5, 5.41) is 7.83. The molecular formula is C23H20F3N5. The van der Waals surface area contributed by atoms with Gasteiger partial charge in [0.25, 0.3) is 5.78 Å². The van der Waals surface area contributed by atoms with Gasteiger partial charge in [0.2, 0.25) is 0 Å². The maximum atomic E-state index is 13.2. The lowest BCUT2D eigenvalue weighted by molar-refractivity contribution is -0.137. The maximum Gasteiger partial charge on any atom is 0.416 e. The molecule has 0 radical (unpaired) electrons. The Morgan fingerprint density at radius 2 is 1.74 bits per heavy atom. The largest absolute Gasteiger partial charge is 0.416 e. The summed E-state index contributed by atoms with van der Waals surface area (Å²) >= 11 is 0. The van der Waals surface area contributed by atoms with Crippen molar-refractivity contribution in [3.05, 3.63) is 70.9 Å². The number of rotatable bonds is 3. The molecule has 2 heterocycles. The highest BCUT2D eigenvalue weighted by Gasteiger charge is 2.30. The molecule has 31 heavy (non-hydrogen) atoms. The van der Waals surface area contributed by atoms with E-state index in [1.165, 1.54) is 6.07 Å². The second kappa shape index (κ2) is 7.37. The molecule has 0 unspecified atom stereocenters. The van der Waals surface area contributed by atoms with Crippen LogP contribution in [0.5, 0.6) is 0 Å². The minimum absolute atomic E-state index is 0.350. The molecule has 2 aromatic carbocycles. The Morgan fingerprint density at radius 1 is 0.968 bits per heavy atom. The number of benzene rings is 2. The Hall–Kier alpha value is -3.42. The van der Waals surface area contributed by atoms with Crippen LogP contribution >= 0.6 is 0 Å². The van der Waals surface area contributed by atoms with Gasteiger partial charge in [-0.25, -0.2) is 4.98 Å². The van der Waals surface area contributed by atoms with Crippen LogP contribution in [0, 0.1) is 6.92 Å². The summed E-state index contributed by atoms with van der Waals surface area (Å²) in [5.74, 6) is 1.59. The van der Waals surface area contributed by atoms with E-state index in [2.05, 4.69) is 15.4 Å². The zero-order valence-corrected chi connectivity index (χ0v) is 16.9. The van der Waals surface area contributed by atoms with Crippen LogP contribution in [0.2, 0.25) is 0 Å².